The van der Waals surface area contributed by atoms with Gasteiger partial charge >= 0.3 is 0 Å². The molecule has 0 bridgehead atoms. The van der Waals surface area contributed by atoms with Gasteiger partial charge in [0.2, 0.25) is 0 Å². The second-order valence-corrected chi connectivity index (χ2v) is 14.6. The van der Waals surface area contributed by atoms with Gasteiger partial charge in [-0.25, -0.2) is 0 Å². The minimum absolute atomic E-state index is 0. The van der Waals surface area contributed by atoms with Crippen LogP contribution in [-0.4, -0.2) is 30.1 Å². The number of hydrogen-bond acceptors (Lipinski definition) is 4. The molecule has 0 heterocycles. The van der Waals surface area contributed by atoms with Crippen LogP contribution in [0.25, 0.3) is 0 Å². The molecule has 3 unspecified atom stereocenters. The molecule has 4 nitrogen and oxygen atoms in total. The molecule has 0 spiro atoms. The number of nitrogens with two attached hydrogens (primary N) is 1. The van der Waals surface area contributed by atoms with Crippen LogP contribution in [0.5, 0.6) is 0 Å². The van der Waals surface area contributed by atoms with Crippen molar-refractivity contribution < 1.29 is 0 Å². The summed E-state index contributed by atoms with van der Waals surface area (Å²) in [5.41, 5.74) is 14.4. The largest absolute Gasteiger partial charge is 0.344 e. The second kappa shape index (κ2) is 41.7. The zero-order valence-corrected chi connectivity index (χ0v) is 38.0. The van der Waals surface area contributed by atoms with Gasteiger partial charge in [-0.05, 0) is 133 Å². The van der Waals surface area contributed by atoms with Gasteiger partial charge in [0.05, 0.1) is 6.04 Å². The summed E-state index contributed by atoms with van der Waals surface area (Å²) < 4.78 is 0. The molecule has 0 aromatic carbocycles. The minimum atomic E-state index is 0. The highest BCUT2D eigenvalue weighted by atomic mass is 15.1. The van der Waals surface area contributed by atoms with Crippen LogP contribution in [0.1, 0.15) is 132 Å². The van der Waals surface area contributed by atoms with Crippen molar-refractivity contribution in [3.05, 3.63) is 159 Å². The molecule has 1 saturated carbocycles. The lowest BCUT2D eigenvalue weighted by atomic mass is 9.87. The zero-order valence-electron chi connectivity index (χ0n) is 38.0. The molecule has 0 radical (unpaired) electrons. The van der Waals surface area contributed by atoms with Crippen molar-refractivity contribution in [2.24, 2.45) is 23.5 Å². The maximum atomic E-state index is 5.46. The molecule has 4 atom stereocenters. The van der Waals surface area contributed by atoms with Crippen molar-refractivity contribution in [3.63, 3.8) is 0 Å². The van der Waals surface area contributed by atoms with Gasteiger partial charge < -0.3 is 22.1 Å². The van der Waals surface area contributed by atoms with Crippen LogP contribution in [0.4, 0.5) is 0 Å². The highest BCUT2D eigenvalue weighted by Gasteiger charge is 2.18. The van der Waals surface area contributed by atoms with Crippen LogP contribution in [0, 0.1) is 17.8 Å². The summed E-state index contributed by atoms with van der Waals surface area (Å²) in [5.74, 6) is 2.41. The van der Waals surface area contributed by atoms with Gasteiger partial charge in [0, 0.05) is 12.2 Å². The van der Waals surface area contributed by atoms with Crippen molar-refractivity contribution in [2.75, 3.05) is 13.1 Å². The summed E-state index contributed by atoms with van der Waals surface area (Å²) in [4.78, 5) is 2.04. The lowest BCUT2D eigenvalue weighted by Gasteiger charge is -2.25. The summed E-state index contributed by atoms with van der Waals surface area (Å²) in [6.07, 6.45) is 49.8. The van der Waals surface area contributed by atoms with E-state index < -0.39 is 0 Å². The third kappa shape index (κ3) is 32.9. The normalized spacial score (nSPS) is 19.6. The van der Waals surface area contributed by atoms with Crippen LogP contribution in [-0.2, 0) is 0 Å². The maximum absolute atomic E-state index is 5.46. The molecule has 1 fully saturated rings. The average molecular weight is 781 g/mol. The van der Waals surface area contributed by atoms with Crippen molar-refractivity contribution in [1.82, 2.24) is 16.4 Å². The van der Waals surface area contributed by atoms with Crippen molar-refractivity contribution >= 4 is 0 Å². The molecule has 320 valence electrons. The fraction of sp³-hybridized carbons (Fsp3) is 0.509. The third-order valence-electron chi connectivity index (χ3n) is 9.65. The Balaban J connectivity index is -0.000000982. The zero-order chi connectivity index (χ0) is 42.2. The molecule has 0 aromatic heterocycles. The van der Waals surface area contributed by atoms with Gasteiger partial charge in [0.1, 0.15) is 0 Å². The molecule has 3 rings (SSSR count). The fourth-order valence-corrected chi connectivity index (χ4v) is 6.67. The summed E-state index contributed by atoms with van der Waals surface area (Å²) in [6.45, 7) is 35.5. The summed E-state index contributed by atoms with van der Waals surface area (Å²) >= 11 is 0. The Morgan fingerprint density at radius 3 is 2.23 bits per heavy atom. The number of nitrogens with one attached hydrogen (secondary N) is 1. The Morgan fingerprint density at radius 1 is 1.00 bits per heavy atom. The van der Waals surface area contributed by atoms with Crippen molar-refractivity contribution in [2.45, 2.75) is 144 Å². The molecule has 57 heavy (non-hydrogen) atoms. The highest BCUT2D eigenvalue weighted by Crippen LogP contribution is 2.26. The molecular weight excluding hydrogens is 693 g/mol. The third-order valence-corrected chi connectivity index (χ3v) is 9.65. The Labute approximate surface area is 354 Å². The van der Waals surface area contributed by atoms with Crippen molar-refractivity contribution in [3.8, 4) is 0 Å². The summed E-state index contributed by atoms with van der Waals surface area (Å²) in [7, 11) is 0. The van der Waals surface area contributed by atoms with E-state index in [0.29, 0.717) is 12.0 Å². The Hall–Kier alpha value is -3.88. The van der Waals surface area contributed by atoms with Gasteiger partial charge in [-0.15, -0.1) is 0 Å². The van der Waals surface area contributed by atoms with E-state index in [9.17, 15) is 0 Å². The van der Waals surface area contributed by atoms with Crippen LogP contribution in [0.2, 0.25) is 0 Å². The monoisotopic (exact) mass is 781 g/mol. The smallest absolute Gasteiger partial charge is 0.0757 e. The van der Waals surface area contributed by atoms with Crippen LogP contribution >= 0.6 is 0 Å². The molecule has 0 aromatic rings. The molecule has 3 aliphatic rings. The van der Waals surface area contributed by atoms with E-state index >= 15 is 0 Å². The predicted molar refractivity (Wildman–Crippen MR) is 261 cm³/mol. The van der Waals surface area contributed by atoms with Gasteiger partial charge in [-0.3, -0.25) is 0 Å². The first-order chi connectivity index (χ1) is 27.2. The predicted octanol–water partition coefficient (Wildman–Crippen LogP) is 14.9. The first kappa shape index (κ1) is 57.4. The van der Waals surface area contributed by atoms with Crippen LogP contribution in [0.3, 0.4) is 0 Å². The lowest BCUT2D eigenvalue weighted by molar-refractivity contribution is 0.343. The fourth-order valence-electron chi connectivity index (χ4n) is 6.67. The molecule has 0 saturated heterocycles. The quantitative estimate of drug-likeness (QED) is 0.0828. The van der Waals surface area contributed by atoms with E-state index in [-0.39, 0.29) is 12.2 Å². The standard InChI is InChI=1S/C31H42N2.C8H17N.C7H10.C5H10.C2H6.H3N/c1-6-9-10-11-23-33(8-3)31(14-7-2)27(5)19-20-28-16-13-17-29(22-21-28)25-32-30-18-12-15-26(4)24-30;9-7-6-8-4-2-1-3-5-8;1-4-5-6-7(2)3;1-3-5-4-2;1-2;/h7-8,10-12,14-15,19-21,23,26,29-32H,1,3,5,13,16-18,22,24-25H2,2,4H3;8H,1-7,9H2;4-6H,1-2H2,3H3;3,5H,4H2,1-2H3;1-2H3;1H3/b14-7-,20-19+,23-11-;;6-5-;5-3-;;/t26-,29?,30?,31?;;;;;/m1...../s1. The summed E-state index contributed by atoms with van der Waals surface area (Å²) in [6, 6.07) is 0.671. The molecule has 6 N–H and O–H groups in total. The first-order valence-corrected chi connectivity index (χ1v) is 21.7. The molecule has 0 aliphatic heterocycles. The van der Waals surface area contributed by atoms with Gasteiger partial charge in [-0.1, -0.05) is 182 Å². The molecule has 0 amide bonds. The number of allylic oxidation sites excluding steroid dienone is 13. The molecule has 3 aliphatic carbocycles. The topological polar surface area (TPSA) is 76.3 Å². The van der Waals surface area contributed by atoms with E-state index in [2.05, 4.69) is 118 Å². The molecular formula is C53H88N4. The second-order valence-electron chi connectivity index (χ2n) is 14.6. The SMILES string of the molecule is C/C=C\CC.C=C/C=C\C(=C)C.C=C=C=C/C=C\N(C=C)C(/C=C\C)C(=C)/C=C/C1=CCC(CNC2CC=C[C@@H](C)C2)CCC1.CC.N.NCCC1CCCCC1. The minimum Gasteiger partial charge on any atom is -0.344 e. The lowest BCUT2D eigenvalue weighted by Crippen LogP contribution is -2.35. The Kier molecular flexibility index (Phi) is 42.1. The van der Waals surface area contributed by atoms with E-state index in [4.69, 9.17) is 5.73 Å². The van der Waals surface area contributed by atoms with Gasteiger partial charge in [0.25, 0.3) is 0 Å². The number of hydrogen-bond donors (Lipinski definition) is 3. The van der Waals surface area contributed by atoms with Gasteiger partial charge in [-0.2, -0.15) is 0 Å². The van der Waals surface area contributed by atoms with E-state index in [1.54, 1.807) is 12.2 Å². The molecule has 4 heteroatoms. The number of nitrogens with zero attached hydrogens (tertiary/aromatic N) is 1. The van der Waals surface area contributed by atoms with Crippen LogP contribution in [0.15, 0.2) is 159 Å². The Morgan fingerprint density at radius 2 is 1.70 bits per heavy atom. The number of rotatable bonds is 16. The van der Waals surface area contributed by atoms with Crippen LogP contribution < -0.4 is 17.2 Å². The maximum Gasteiger partial charge on any atom is 0.0757 e. The Bertz CT molecular complexity index is 1330. The van der Waals surface area contributed by atoms with E-state index in [0.717, 1.165) is 55.3 Å². The van der Waals surface area contributed by atoms with E-state index in [1.165, 1.54) is 69.8 Å². The first-order valence-electron chi connectivity index (χ1n) is 21.7. The van der Waals surface area contributed by atoms with Crippen molar-refractivity contribution in [1.29, 1.82) is 0 Å². The highest BCUT2D eigenvalue weighted by molar-refractivity contribution is 5.33. The summed E-state index contributed by atoms with van der Waals surface area (Å²) in [5, 5.41) is 3.83. The average Bonchev–Trinajstić information content (AvgIpc) is 3.45. The van der Waals surface area contributed by atoms with E-state index in [1.807, 2.05) is 70.1 Å². The van der Waals surface area contributed by atoms with Gasteiger partial charge in [0.15, 0.2) is 0 Å².